The standard InChI is InChI=1S/C17H22N2O2/c1-2-19-16(20)12-15(17(19)21)18-10-8-14(9-11-18)13-6-4-3-5-7-13/h3-7,14-15H,2,8-12H2,1H3/t15-/m0/s1. The van der Waals surface area contributed by atoms with Gasteiger partial charge in [-0.3, -0.25) is 19.4 Å². The summed E-state index contributed by atoms with van der Waals surface area (Å²) in [7, 11) is 0. The number of benzene rings is 1. The van der Waals surface area contributed by atoms with Crippen LogP contribution in [0.3, 0.4) is 0 Å². The van der Waals surface area contributed by atoms with Gasteiger partial charge in [0.25, 0.3) is 0 Å². The van der Waals surface area contributed by atoms with Crippen molar-refractivity contribution in [3.05, 3.63) is 35.9 Å². The van der Waals surface area contributed by atoms with Crippen LogP contribution in [-0.4, -0.2) is 47.3 Å². The van der Waals surface area contributed by atoms with Crippen LogP contribution in [0.1, 0.15) is 37.7 Å². The van der Waals surface area contributed by atoms with Crippen LogP contribution in [0, 0.1) is 0 Å². The number of hydrogen-bond acceptors (Lipinski definition) is 3. The Labute approximate surface area is 125 Å². The second-order valence-electron chi connectivity index (χ2n) is 5.92. The van der Waals surface area contributed by atoms with Gasteiger partial charge in [-0.05, 0) is 44.3 Å². The molecule has 2 amide bonds. The zero-order chi connectivity index (χ0) is 14.8. The summed E-state index contributed by atoms with van der Waals surface area (Å²) in [5.74, 6) is 0.565. The van der Waals surface area contributed by atoms with Crippen LogP contribution in [0.4, 0.5) is 0 Å². The molecule has 2 heterocycles. The monoisotopic (exact) mass is 286 g/mol. The lowest BCUT2D eigenvalue weighted by Gasteiger charge is -2.35. The lowest BCUT2D eigenvalue weighted by Crippen LogP contribution is -2.45. The molecule has 0 N–H and O–H groups in total. The number of rotatable bonds is 3. The van der Waals surface area contributed by atoms with Crippen molar-refractivity contribution in [3.63, 3.8) is 0 Å². The Morgan fingerprint density at radius 2 is 1.76 bits per heavy atom. The molecule has 0 aliphatic carbocycles. The molecule has 1 atom stereocenters. The third-order valence-corrected chi connectivity index (χ3v) is 4.78. The molecular weight excluding hydrogens is 264 g/mol. The number of likely N-dealkylation sites (tertiary alicyclic amines) is 2. The van der Waals surface area contributed by atoms with Crippen molar-refractivity contribution >= 4 is 11.8 Å². The molecule has 0 unspecified atom stereocenters. The van der Waals surface area contributed by atoms with Crippen LogP contribution < -0.4 is 0 Å². The molecule has 0 saturated carbocycles. The number of carbonyl (C=O) groups is 2. The number of amides is 2. The molecule has 0 radical (unpaired) electrons. The topological polar surface area (TPSA) is 40.6 Å². The second kappa shape index (κ2) is 5.98. The molecule has 112 valence electrons. The number of imide groups is 1. The van der Waals surface area contributed by atoms with Crippen molar-refractivity contribution in [2.75, 3.05) is 19.6 Å². The normalized spacial score (nSPS) is 24.8. The van der Waals surface area contributed by atoms with Crippen molar-refractivity contribution in [1.82, 2.24) is 9.80 Å². The molecule has 4 heteroatoms. The molecule has 1 aromatic rings. The minimum absolute atomic E-state index is 0.000612. The maximum Gasteiger partial charge on any atom is 0.247 e. The summed E-state index contributed by atoms with van der Waals surface area (Å²) in [6.07, 6.45) is 2.49. The highest BCUT2D eigenvalue weighted by Crippen LogP contribution is 2.30. The van der Waals surface area contributed by atoms with Gasteiger partial charge in [-0.1, -0.05) is 30.3 Å². The fourth-order valence-electron chi connectivity index (χ4n) is 3.55. The van der Waals surface area contributed by atoms with Gasteiger partial charge in [0, 0.05) is 6.54 Å². The average molecular weight is 286 g/mol. The third kappa shape index (κ3) is 2.72. The zero-order valence-corrected chi connectivity index (χ0v) is 12.5. The number of hydrogen-bond donors (Lipinski definition) is 0. The van der Waals surface area contributed by atoms with E-state index in [9.17, 15) is 9.59 Å². The molecule has 2 aliphatic heterocycles. The Hall–Kier alpha value is -1.68. The van der Waals surface area contributed by atoms with Crippen LogP contribution in [0.25, 0.3) is 0 Å². The minimum atomic E-state index is -0.214. The van der Waals surface area contributed by atoms with E-state index in [2.05, 4.69) is 29.2 Å². The predicted molar refractivity (Wildman–Crippen MR) is 80.8 cm³/mol. The van der Waals surface area contributed by atoms with Crippen LogP contribution >= 0.6 is 0 Å². The number of likely N-dealkylation sites (N-methyl/N-ethyl adjacent to an activating group) is 1. The van der Waals surface area contributed by atoms with Crippen molar-refractivity contribution in [3.8, 4) is 0 Å². The summed E-state index contributed by atoms with van der Waals surface area (Å²) < 4.78 is 0. The van der Waals surface area contributed by atoms with Crippen molar-refractivity contribution in [2.45, 2.75) is 38.1 Å². The molecule has 2 fully saturated rings. The molecule has 1 aromatic carbocycles. The zero-order valence-electron chi connectivity index (χ0n) is 12.5. The van der Waals surface area contributed by atoms with E-state index in [4.69, 9.17) is 0 Å². The fraction of sp³-hybridized carbons (Fsp3) is 0.529. The quantitative estimate of drug-likeness (QED) is 0.798. The number of piperidine rings is 1. The second-order valence-corrected chi connectivity index (χ2v) is 5.92. The SMILES string of the molecule is CCN1C(=O)C[C@H](N2CCC(c3ccccc3)CC2)C1=O. The molecule has 0 spiro atoms. The summed E-state index contributed by atoms with van der Waals surface area (Å²) in [6, 6.07) is 10.4. The maximum absolute atomic E-state index is 12.3. The van der Waals surface area contributed by atoms with E-state index in [-0.39, 0.29) is 17.9 Å². The summed E-state index contributed by atoms with van der Waals surface area (Å²) in [4.78, 5) is 27.7. The maximum atomic E-state index is 12.3. The van der Waals surface area contributed by atoms with E-state index in [1.807, 2.05) is 13.0 Å². The van der Waals surface area contributed by atoms with E-state index in [0.717, 1.165) is 25.9 Å². The van der Waals surface area contributed by atoms with Gasteiger partial charge in [-0.15, -0.1) is 0 Å². The molecule has 3 rings (SSSR count). The molecule has 0 aromatic heterocycles. The van der Waals surface area contributed by atoms with Gasteiger partial charge in [0.05, 0.1) is 12.5 Å². The fourth-order valence-corrected chi connectivity index (χ4v) is 3.55. The highest BCUT2D eigenvalue weighted by molar-refractivity contribution is 6.05. The minimum Gasteiger partial charge on any atom is -0.291 e. The summed E-state index contributed by atoms with van der Waals surface area (Å²) in [5, 5.41) is 0. The Balaban J connectivity index is 1.62. The van der Waals surface area contributed by atoms with E-state index in [0.29, 0.717) is 18.9 Å². The first kappa shape index (κ1) is 14.3. The third-order valence-electron chi connectivity index (χ3n) is 4.78. The first-order valence-corrected chi connectivity index (χ1v) is 7.84. The lowest BCUT2D eigenvalue weighted by molar-refractivity contribution is -0.139. The Bertz CT molecular complexity index is 521. The molecule has 4 nitrogen and oxygen atoms in total. The summed E-state index contributed by atoms with van der Waals surface area (Å²) in [5.41, 5.74) is 1.39. The van der Waals surface area contributed by atoms with E-state index in [1.54, 1.807) is 0 Å². The Kier molecular flexibility index (Phi) is 4.06. The van der Waals surface area contributed by atoms with Gasteiger partial charge in [-0.2, -0.15) is 0 Å². The largest absolute Gasteiger partial charge is 0.291 e. The van der Waals surface area contributed by atoms with Gasteiger partial charge in [0.2, 0.25) is 11.8 Å². The van der Waals surface area contributed by atoms with Crippen molar-refractivity contribution < 1.29 is 9.59 Å². The Morgan fingerprint density at radius 1 is 1.10 bits per heavy atom. The smallest absolute Gasteiger partial charge is 0.247 e. The first-order valence-electron chi connectivity index (χ1n) is 7.84. The summed E-state index contributed by atoms with van der Waals surface area (Å²) >= 11 is 0. The van der Waals surface area contributed by atoms with Crippen LogP contribution in [0.2, 0.25) is 0 Å². The van der Waals surface area contributed by atoms with E-state index < -0.39 is 0 Å². The van der Waals surface area contributed by atoms with Gasteiger partial charge < -0.3 is 0 Å². The number of carbonyl (C=O) groups excluding carboxylic acids is 2. The highest BCUT2D eigenvalue weighted by Gasteiger charge is 2.41. The van der Waals surface area contributed by atoms with Crippen LogP contribution in [0.5, 0.6) is 0 Å². The van der Waals surface area contributed by atoms with Gasteiger partial charge >= 0.3 is 0 Å². The summed E-state index contributed by atoms with van der Waals surface area (Å²) in [6.45, 7) is 4.16. The van der Waals surface area contributed by atoms with Gasteiger partial charge in [0.1, 0.15) is 0 Å². The van der Waals surface area contributed by atoms with E-state index >= 15 is 0 Å². The molecule has 0 bridgehead atoms. The first-order chi connectivity index (χ1) is 10.2. The predicted octanol–water partition coefficient (Wildman–Crippen LogP) is 2.01. The highest BCUT2D eigenvalue weighted by atomic mass is 16.2. The van der Waals surface area contributed by atoms with Crippen molar-refractivity contribution in [1.29, 1.82) is 0 Å². The van der Waals surface area contributed by atoms with Crippen LogP contribution in [0.15, 0.2) is 30.3 Å². The average Bonchev–Trinajstić information content (AvgIpc) is 2.82. The lowest BCUT2D eigenvalue weighted by atomic mass is 9.89. The molecule has 2 aliphatic rings. The van der Waals surface area contributed by atoms with Crippen molar-refractivity contribution in [2.24, 2.45) is 0 Å². The molecular formula is C17H22N2O2. The molecule has 2 saturated heterocycles. The van der Waals surface area contributed by atoms with Gasteiger partial charge in [0.15, 0.2) is 0 Å². The molecule has 21 heavy (non-hydrogen) atoms. The van der Waals surface area contributed by atoms with Crippen LogP contribution in [-0.2, 0) is 9.59 Å². The Morgan fingerprint density at radius 3 is 2.33 bits per heavy atom. The van der Waals surface area contributed by atoms with Gasteiger partial charge in [-0.25, -0.2) is 0 Å². The number of nitrogens with zero attached hydrogens (tertiary/aromatic N) is 2. The van der Waals surface area contributed by atoms with E-state index in [1.165, 1.54) is 10.5 Å².